The van der Waals surface area contributed by atoms with Crippen molar-refractivity contribution in [3.05, 3.63) is 46.7 Å². The highest BCUT2D eigenvalue weighted by Crippen LogP contribution is 2.29. The molecule has 3 heterocycles. The van der Waals surface area contributed by atoms with Crippen LogP contribution in [0.25, 0.3) is 0 Å². The molecule has 6 nitrogen and oxygen atoms in total. The molecule has 2 aliphatic rings. The van der Waals surface area contributed by atoms with Crippen LogP contribution in [-0.4, -0.2) is 68.0 Å². The Hall–Kier alpha value is -2.54. The topological polar surface area (TPSA) is 53.1 Å². The van der Waals surface area contributed by atoms with Crippen molar-refractivity contribution in [2.45, 2.75) is 12.8 Å². The maximum Gasteiger partial charge on any atom is 0.263 e. The van der Waals surface area contributed by atoms with Crippen molar-refractivity contribution in [3.8, 4) is 5.75 Å². The molecule has 0 aliphatic carbocycles. The number of rotatable bonds is 4. The lowest BCUT2D eigenvalue weighted by Gasteiger charge is -2.39. The van der Waals surface area contributed by atoms with Crippen LogP contribution in [0.2, 0.25) is 0 Å². The third-order valence-corrected chi connectivity index (χ3v) is 6.74. The van der Waals surface area contributed by atoms with Gasteiger partial charge in [0, 0.05) is 45.2 Å². The van der Waals surface area contributed by atoms with Gasteiger partial charge >= 0.3 is 0 Å². The molecule has 7 heteroatoms. The second-order valence-electron chi connectivity index (χ2n) is 7.53. The highest BCUT2D eigenvalue weighted by Gasteiger charge is 2.32. The molecule has 2 saturated heterocycles. The number of hydrogen-bond donors (Lipinski definition) is 0. The van der Waals surface area contributed by atoms with Crippen LogP contribution in [0.5, 0.6) is 5.75 Å². The minimum absolute atomic E-state index is 0.0280. The number of piperidine rings is 1. The lowest BCUT2D eigenvalue weighted by Crippen LogP contribution is -2.52. The van der Waals surface area contributed by atoms with E-state index in [-0.39, 0.29) is 17.7 Å². The fraction of sp³-hybridized carbons (Fsp3) is 0.455. The summed E-state index contributed by atoms with van der Waals surface area (Å²) in [7, 11) is 1.69. The number of likely N-dealkylation sites (tertiary alicyclic amines) is 1. The molecule has 0 radical (unpaired) electrons. The highest BCUT2D eigenvalue weighted by molar-refractivity contribution is 7.12. The van der Waals surface area contributed by atoms with E-state index in [9.17, 15) is 9.59 Å². The average molecular weight is 414 g/mol. The van der Waals surface area contributed by atoms with E-state index in [1.165, 1.54) is 11.3 Å². The van der Waals surface area contributed by atoms with Crippen LogP contribution in [0, 0.1) is 5.92 Å². The molecule has 0 spiro atoms. The van der Waals surface area contributed by atoms with Gasteiger partial charge in [0.1, 0.15) is 5.75 Å². The highest BCUT2D eigenvalue weighted by atomic mass is 32.1. The number of amides is 2. The molecular formula is C22H27N3O3S. The van der Waals surface area contributed by atoms with Gasteiger partial charge in [0.25, 0.3) is 5.91 Å². The van der Waals surface area contributed by atoms with E-state index in [0.29, 0.717) is 13.1 Å². The van der Waals surface area contributed by atoms with Crippen LogP contribution in [0.1, 0.15) is 22.5 Å². The zero-order chi connectivity index (χ0) is 20.2. The van der Waals surface area contributed by atoms with Gasteiger partial charge in [-0.15, -0.1) is 11.3 Å². The predicted octanol–water partition coefficient (Wildman–Crippen LogP) is 2.96. The normalized spacial score (nSPS) is 18.0. The van der Waals surface area contributed by atoms with Crippen LogP contribution >= 0.6 is 11.3 Å². The van der Waals surface area contributed by atoms with Gasteiger partial charge in [0.05, 0.1) is 17.7 Å². The summed E-state index contributed by atoms with van der Waals surface area (Å²) in [6.45, 7) is 4.39. The quantitative estimate of drug-likeness (QED) is 0.773. The van der Waals surface area contributed by atoms with Gasteiger partial charge in [0.15, 0.2) is 0 Å². The Bertz CT molecular complexity index is 839. The standard InChI is InChI=1S/C22H27N3O3S/c1-28-19-6-3-2-5-18(19)23-12-14-25(15-13-23)21(26)17-8-10-24(11-9-17)22(27)20-7-4-16-29-20/h2-7,16-17H,8-15H2,1H3. The number of piperazine rings is 1. The molecule has 2 amide bonds. The third kappa shape index (κ3) is 4.24. The fourth-order valence-electron chi connectivity index (χ4n) is 4.20. The van der Waals surface area contributed by atoms with Crippen molar-refractivity contribution >= 4 is 28.8 Å². The first kappa shape index (κ1) is 19.8. The Morgan fingerprint density at radius 1 is 0.931 bits per heavy atom. The van der Waals surface area contributed by atoms with Crippen molar-refractivity contribution in [1.29, 1.82) is 0 Å². The minimum Gasteiger partial charge on any atom is -0.495 e. The average Bonchev–Trinajstić information content (AvgIpc) is 3.33. The molecular weight excluding hydrogens is 386 g/mol. The molecule has 29 heavy (non-hydrogen) atoms. The van der Waals surface area contributed by atoms with Crippen molar-refractivity contribution in [3.63, 3.8) is 0 Å². The molecule has 2 fully saturated rings. The molecule has 154 valence electrons. The Kier molecular flexibility index (Phi) is 6.04. The van der Waals surface area contributed by atoms with E-state index in [1.54, 1.807) is 7.11 Å². The van der Waals surface area contributed by atoms with E-state index in [4.69, 9.17) is 4.74 Å². The largest absolute Gasteiger partial charge is 0.495 e. The molecule has 0 atom stereocenters. The smallest absolute Gasteiger partial charge is 0.263 e. The first-order valence-electron chi connectivity index (χ1n) is 10.2. The monoisotopic (exact) mass is 413 g/mol. The minimum atomic E-state index is 0.0280. The van der Waals surface area contributed by atoms with Crippen molar-refractivity contribution in [2.75, 3.05) is 51.3 Å². The van der Waals surface area contributed by atoms with Gasteiger partial charge in [-0.25, -0.2) is 0 Å². The first-order chi connectivity index (χ1) is 14.2. The molecule has 0 saturated carbocycles. The van der Waals surface area contributed by atoms with E-state index in [1.807, 2.05) is 45.5 Å². The van der Waals surface area contributed by atoms with Crippen LogP contribution in [-0.2, 0) is 4.79 Å². The zero-order valence-electron chi connectivity index (χ0n) is 16.8. The van der Waals surface area contributed by atoms with E-state index in [2.05, 4.69) is 11.0 Å². The Morgan fingerprint density at radius 2 is 1.66 bits per heavy atom. The van der Waals surface area contributed by atoms with E-state index < -0.39 is 0 Å². The summed E-state index contributed by atoms with van der Waals surface area (Å²) >= 11 is 1.48. The number of nitrogens with zero attached hydrogens (tertiary/aromatic N) is 3. The van der Waals surface area contributed by atoms with Gasteiger partial charge in [-0.1, -0.05) is 18.2 Å². The van der Waals surface area contributed by atoms with E-state index in [0.717, 1.165) is 55.3 Å². The second kappa shape index (κ2) is 8.86. The number of methoxy groups -OCH3 is 1. The van der Waals surface area contributed by atoms with E-state index >= 15 is 0 Å². The summed E-state index contributed by atoms with van der Waals surface area (Å²) in [5, 5.41) is 1.92. The Balaban J connectivity index is 1.29. The molecule has 4 rings (SSSR count). The third-order valence-electron chi connectivity index (χ3n) is 5.88. The van der Waals surface area contributed by atoms with Gasteiger partial charge < -0.3 is 19.4 Å². The number of thiophene rings is 1. The number of hydrogen-bond acceptors (Lipinski definition) is 5. The molecule has 0 N–H and O–H groups in total. The molecule has 2 aromatic rings. The lowest BCUT2D eigenvalue weighted by atomic mass is 9.94. The van der Waals surface area contributed by atoms with Crippen LogP contribution in [0.3, 0.4) is 0 Å². The summed E-state index contributed by atoms with van der Waals surface area (Å²) in [4.78, 5) is 32.4. The number of carbonyl (C=O) groups excluding carboxylic acids is 2. The van der Waals surface area contributed by atoms with Crippen molar-refractivity contribution < 1.29 is 14.3 Å². The molecule has 2 aliphatic heterocycles. The summed E-state index contributed by atoms with van der Waals surface area (Å²) in [6, 6.07) is 11.8. The predicted molar refractivity (Wildman–Crippen MR) is 115 cm³/mol. The fourth-order valence-corrected chi connectivity index (χ4v) is 4.89. The number of para-hydroxylation sites is 2. The van der Waals surface area contributed by atoms with Crippen LogP contribution in [0.15, 0.2) is 41.8 Å². The number of ether oxygens (including phenoxy) is 1. The van der Waals surface area contributed by atoms with Gasteiger partial charge in [-0.05, 0) is 36.4 Å². The van der Waals surface area contributed by atoms with Crippen LogP contribution in [0.4, 0.5) is 5.69 Å². The number of benzene rings is 1. The first-order valence-corrected chi connectivity index (χ1v) is 11.0. The number of carbonyl (C=O) groups is 2. The second-order valence-corrected chi connectivity index (χ2v) is 8.48. The Labute approximate surface area is 175 Å². The van der Waals surface area contributed by atoms with Crippen molar-refractivity contribution in [2.24, 2.45) is 5.92 Å². The summed E-state index contributed by atoms with van der Waals surface area (Å²) in [6.07, 6.45) is 1.51. The Morgan fingerprint density at radius 3 is 2.31 bits per heavy atom. The molecule has 1 aromatic heterocycles. The SMILES string of the molecule is COc1ccccc1N1CCN(C(=O)C2CCN(C(=O)c3cccs3)CC2)CC1. The van der Waals surface area contributed by atoms with Gasteiger partial charge in [0.2, 0.25) is 5.91 Å². The maximum atomic E-state index is 13.0. The molecule has 0 bridgehead atoms. The summed E-state index contributed by atoms with van der Waals surface area (Å²) in [5.41, 5.74) is 1.09. The molecule has 0 unspecified atom stereocenters. The van der Waals surface area contributed by atoms with Crippen LogP contribution < -0.4 is 9.64 Å². The van der Waals surface area contributed by atoms with Gasteiger partial charge in [-0.2, -0.15) is 0 Å². The summed E-state index contributed by atoms with van der Waals surface area (Å²) < 4.78 is 5.47. The lowest BCUT2D eigenvalue weighted by molar-refractivity contribution is -0.137. The summed E-state index contributed by atoms with van der Waals surface area (Å²) in [5.74, 6) is 1.24. The van der Waals surface area contributed by atoms with Crippen molar-refractivity contribution in [1.82, 2.24) is 9.80 Å². The number of anilines is 1. The van der Waals surface area contributed by atoms with Gasteiger partial charge in [-0.3, -0.25) is 9.59 Å². The molecule has 1 aromatic carbocycles. The maximum absolute atomic E-state index is 13.0. The zero-order valence-corrected chi connectivity index (χ0v) is 17.6.